The number of tetrazole rings is 1. The van der Waals surface area contributed by atoms with E-state index in [4.69, 9.17) is 0 Å². The molecule has 0 aliphatic heterocycles. The predicted octanol–water partition coefficient (Wildman–Crippen LogP) is 0.977. The lowest BCUT2D eigenvalue weighted by Gasteiger charge is -2.06. The molecule has 0 saturated carbocycles. The van der Waals surface area contributed by atoms with Gasteiger partial charge in [-0.15, -0.1) is 14.8 Å². The van der Waals surface area contributed by atoms with E-state index in [2.05, 4.69) is 39.8 Å². The Balaban J connectivity index is 2.02. The van der Waals surface area contributed by atoms with Crippen LogP contribution < -0.4 is 5.32 Å². The van der Waals surface area contributed by atoms with Crippen molar-refractivity contribution in [1.29, 1.82) is 0 Å². The lowest BCUT2D eigenvalue weighted by Crippen LogP contribution is -2.08. The van der Waals surface area contributed by atoms with Crippen molar-refractivity contribution in [2.75, 3.05) is 11.9 Å². The summed E-state index contributed by atoms with van der Waals surface area (Å²) < 4.78 is 1.41. The summed E-state index contributed by atoms with van der Waals surface area (Å²) in [7, 11) is 0. The van der Waals surface area contributed by atoms with Gasteiger partial charge in [0.05, 0.1) is 0 Å². The Bertz CT molecular complexity index is 435. The third kappa shape index (κ3) is 2.39. The van der Waals surface area contributed by atoms with E-state index in [1.54, 1.807) is 0 Å². The summed E-state index contributed by atoms with van der Waals surface area (Å²) in [5.74, 6) is 1.49. The molecule has 6 nitrogen and oxygen atoms in total. The fourth-order valence-electron chi connectivity index (χ4n) is 1.23. The molecule has 0 radical (unpaired) electrons. The second-order valence-corrected chi connectivity index (χ2v) is 3.85. The molecule has 0 spiro atoms. The van der Waals surface area contributed by atoms with Crippen LogP contribution in [-0.2, 0) is 0 Å². The lowest BCUT2D eigenvalue weighted by molar-refractivity contribution is 0.605. The van der Waals surface area contributed by atoms with E-state index in [1.165, 1.54) is 4.63 Å². The zero-order valence-electron chi connectivity index (χ0n) is 8.88. The van der Waals surface area contributed by atoms with E-state index < -0.39 is 0 Å². The van der Waals surface area contributed by atoms with Gasteiger partial charge >= 0.3 is 0 Å². The van der Waals surface area contributed by atoms with Gasteiger partial charge < -0.3 is 5.32 Å². The summed E-state index contributed by atoms with van der Waals surface area (Å²) in [5.41, 5.74) is 0.657. The molecule has 0 bridgehead atoms. The highest BCUT2D eigenvalue weighted by molar-refractivity contribution is 5.41. The molecule has 2 heterocycles. The molecule has 0 fully saturated rings. The van der Waals surface area contributed by atoms with Gasteiger partial charge in [0.15, 0.2) is 5.65 Å². The molecular formula is C9H14N6. The normalized spacial score (nSPS) is 11.1. The molecule has 0 atom stereocenters. The Hall–Kier alpha value is -1.72. The average molecular weight is 206 g/mol. The molecule has 15 heavy (non-hydrogen) atoms. The molecule has 6 heteroatoms. The quantitative estimate of drug-likeness (QED) is 0.807. The van der Waals surface area contributed by atoms with Crippen LogP contribution in [0.25, 0.3) is 5.65 Å². The van der Waals surface area contributed by atoms with Crippen molar-refractivity contribution >= 4 is 11.5 Å². The number of anilines is 1. The monoisotopic (exact) mass is 206 g/mol. The number of nitrogens with zero attached hydrogens (tertiary/aromatic N) is 5. The Morgan fingerprint density at radius 3 is 3.07 bits per heavy atom. The minimum absolute atomic E-state index is 0.657. The van der Waals surface area contributed by atoms with Gasteiger partial charge in [-0.05, 0) is 34.9 Å². The topological polar surface area (TPSA) is 68.0 Å². The van der Waals surface area contributed by atoms with Crippen LogP contribution in [0.15, 0.2) is 12.1 Å². The molecule has 0 aliphatic carbocycles. The molecule has 1 N–H and O–H groups in total. The standard InChI is InChI=1S/C9H14N6/c1-7(2)5-6-10-8-3-4-9-11-13-14-15(9)12-8/h3-4,7H,5-6H2,1-2H3,(H,10,12). The molecule has 80 valence electrons. The van der Waals surface area contributed by atoms with Crippen molar-refractivity contribution in [2.24, 2.45) is 5.92 Å². The van der Waals surface area contributed by atoms with Gasteiger partial charge in [0, 0.05) is 6.54 Å². The van der Waals surface area contributed by atoms with E-state index in [-0.39, 0.29) is 0 Å². The van der Waals surface area contributed by atoms with Crippen LogP contribution in [0.4, 0.5) is 5.82 Å². The molecule has 0 saturated heterocycles. The highest BCUT2D eigenvalue weighted by Gasteiger charge is 2.00. The Morgan fingerprint density at radius 2 is 2.27 bits per heavy atom. The Morgan fingerprint density at radius 1 is 1.40 bits per heavy atom. The Kier molecular flexibility index (Phi) is 2.75. The molecule has 0 unspecified atom stereocenters. The highest BCUT2D eigenvalue weighted by Crippen LogP contribution is 2.05. The summed E-state index contributed by atoms with van der Waals surface area (Å²) in [4.78, 5) is 0. The average Bonchev–Trinajstić information content (AvgIpc) is 2.64. The molecule has 0 amide bonds. The van der Waals surface area contributed by atoms with E-state index in [0.717, 1.165) is 18.8 Å². The number of fused-ring (bicyclic) bond motifs is 1. The van der Waals surface area contributed by atoms with Gasteiger partial charge in [0.1, 0.15) is 5.82 Å². The maximum atomic E-state index is 4.20. The summed E-state index contributed by atoms with van der Waals surface area (Å²) in [5, 5.41) is 18.5. The first-order valence-corrected chi connectivity index (χ1v) is 5.05. The largest absolute Gasteiger partial charge is 0.369 e. The van der Waals surface area contributed by atoms with Gasteiger partial charge in [-0.1, -0.05) is 13.8 Å². The number of aromatic nitrogens is 5. The SMILES string of the molecule is CC(C)CCNc1ccc2nnnn2n1. The van der Waals surface area contributed by atoms with E-state index >= 15 is 0 Å². The molecule has 2 aromatic rings. The number of nitrogens with one attached hydrogen (secondary N) is 1. The fraction of sp³-hybridized carbons (Fsp3) is 0.556. The molecule has 2 rings (SSSR count). The number of hydrogen-bond acceptors (Lipinski definition) is 5. The van der Waals surface area contributed by atoms with Gasteiger partial charge in [-0.25, -0.2) is 0 Å². The zero-order valence-corrected chi connectivity index (χ0v) is 8.88. The molecular weight excluding hydrogens is 192 g/mol. The van der Waals surface area contributed by atoms with Crippen LogP contribution in [0.2, 0.25) is 0 Å². The first kappa shape index (κ1) is 9.82. The summed E-state index contributed by atoms with van der Waals surface area (Å²) in [6, 6.07) is 3.72. The number of hydrogen-bond donors (Lipinski definition) is 1. The van der Waals surface area contributed by atoms with E-state index in [0.29, 0.717) is 11.6 Å². The first-order valence-electron chi connectivity index (χ1n) is 5.05. The molecule has 2 aromatic heterocycles. The van der Waals surface area contributed by atoms with Crippen LogP contribution in [0.3, 0.4) is 0 Å². The van der Waals surface area contributed by atoms with Gasteiger partial charge in [0.25, 0.3) is 0 Å². The first-order chi connectivity index (χ1) is 7.25. The van der Waals surface area contributed by atoms with Crippen LogP contribution in [0.5, 0.6) is 0 Å². The van der Waals surface area contributed by atoms with Gasteiger partial charge in [-0.3, -0.25) is 0 Å². The van der Waals surface area contributed by atoms with E-state index in [1.807, 2.05) is 12.1 Å². The van der Waals surface area contributed by atoms with Crippen LogP contribution in [-0.4, -0.2) is 31.8 Å². The summed E-state index contributed by atoms with van der Waals surface area (Å²) >= 11 is 0. The van der Waals surface area contributed by atoms with Crippen molar-refractivity contribution in [1.82, 2.24) is 25.3 Å². The third-order valence-corrected chi connectivity index (χ3v) is 2.10. The predicted molar refractivity (Wildman–Crippen MR) is 56.5 cm³/mol. The maximum Gasteiger partial charge on any atom is 0.200 e. The lowest BCUT2D eigenvalue weighted by atomic mass is 10.1. The van der Waals surface area contributed by atoms with Gasteiger partial charge in [-0.2, -0.15) is 0 Å². The van der Waals surface area contributed by atoms with Crippen molar-refractivity contribution in [2.45, 2.75) is 20.3 Å². The second kappa shape index (κ2) is 4.20. The van der Waals surface area contributed by atoms with Crippen molar-refractivity contribution in [3.05, 3.63) is 12.1 Å². The summed E-state index contributed by atoms with van der Waals surface area (Å²) in [6.07, 6.45) is 1.12. The second-order valence-electron chi connectivity index (χ2n) is 3.85. The minimum Gasteiger partial charge on any atom is -0.369 e. The van der Waals surface area contributed by atoms with Gasteiger partial charge in [0.2, 0.25) is 0 Å². The zero-order chi connectivity index (χ0) is 10.7. The molecule has 0 aromatic carbocycles. The highest BCUT2D eigenvalue weighted by atomic mass is 15.6. The van der Waals surface area contributed by atoms with Crippen LogP contribution in [0, 0.1) is 5.92 Å². The summed E-state index contributed by atoms with van der Waals surface area (Å²) in [6.45, 7) is 5.30. The fourth-order valence-corrected chi connectivity index (χ4v) is 1.23. The third-order valence-electron chi connectivity index (χ3n) is 2.10. The minimum atomic E-state index is 0.657. The van der Waals surface area contributed by atoms with Crippen molar-refractivity contribution < 1.29 is 0 Å². The van der Waals surface area contributed by atoms with Crippen LogP contribution >= 0.6 is 0 Å². The van der Waals surface area contributed by atoms with E-state index in [9.17, 15) is 0 Å². The van der Waals surface area contributed by atoms with Crippen LogP contribution in [0.1, 0.15) is 20.3 Å². The smallest absolute Gasteiger partial charge is 0.200 e. The Labute approximate surface area is 87.7 Å². The van der Waals surface area contributed by atoms with Crippen molar-refractivity contribution in [3.63, 3.8) is 0 Å². The van der Waals surface area contributed by atoms with Crippen molar-refractivity contribution in [3.8, 4) is 0 Å². The molecule has 0 aliphatic rings. The number of rotatable bonds is 4. The maximum absolute atomic E-state index is 4.20.